The molecule has 0 aliphatic carbocycles. The third-order valence-corrected chi connectivity index (χ3v) is 2.95. The van der Waals surface area contributed by atoms with Crippen LogP contribution in [0.4, 0.5) is 10.5 Å². The molecule has 0 atom stereocenters. The smallest absolute Gasteiger partial charge is 0.328 e. The molecule has 1 aromatic rings. The van der Waals surface area contributed by atoms with Crippen LogP contribution >= 0.6 is 11.6 Å². The van der Waals surface area contributed by atoms with Crippen LogP contribution in [0.3, 0.4) is 0 Å². The maximum absolute atomic E-state index is 12.2. The molecule has 0 bridgehead atoms. The highest BCUT2D eigenvalue weighted by Crippen LogP contribution is 2.29. The van der Waals surface area contributed by atoms with E-state index in [4.69, 9.17) is 17.3 Å². The Kier molecular flexibility index (Phi) is 6.06. The van der Waals surface area contributed by atoms with Crippen LogP contribution in [-0.2, 0) is 0 Å². The number of nitrogens with one attached hydrogen (secondary N) is 1. The molecule has 108 valence electrons. The summed E-state index contributed by atoms with van der Waals surface area (Å²) in [5, 5.41) is 3.04. The highest BCUT2D eigenvalue weighted by Gasteiger charge is 2.18. The Labute approximate surface area is 124 Å². The molecule has 0 fully saturated rings. The molecule has 0 saturated carbocycles. The molecular weight excluding hydrogens is 276 g/mol. The number of aliphatic imine (C=N–C) groups is 1. The third kappa shape index (κ3) is 3.99. The van der Waals surface area contributed by atoms with Gasteiger partial charge in [0.2, 0.25) is 0 Å². The summed E-state index contributed by atoms with van der Waals surface area (Å²) in [5.41, 5.74) is 7.20. The normalized spacial score (nSPS) is 11.1. The molecule has 0 heterocycles. The lowest BCUT2D eigenvalue weighted by Crippen LogP contribution is -2.46. The molecule has 1 aromatic carbocycles. The number of carbonyl (C=O) groups excluding carboxylic acids is 1. The van der Waals surface area contributed by atoms with Gasteiger partial charge in [-0.15, -0.1) is 6.58 Å². The number of urea groups is 1. The van der Waals surface area contributed by atoms with E-state index < -0.39 is 0 Å². The summed E-state index contributed by atoms with van der Waals surface area (Å²) in [7, 11) is 0. The van der Waals surface area contributed by atoms with Gasteiger partial charge in [0.1, 0.15) is 0 Å². The Bertz CT molecular complexity index is 508. The number of rotatable bonds is 4. The first-order valence-electron chi connectivity index (χ1n) is 6.25. The minimum absolute atomic E-state index is 0.0538. The van der Waals surface area contributed by atoms with Crippen molar-refractivity contribution in [1.82, 2.24) is 5.32 Å². The van der Waals surface area contributed by atoms with Crippen molar-refractivity contribution in [1.29, 1.82) is 0 Å². The van der Waals surface area contributed by atoms with Crippen molar-refractivity contribution in [3.05, 3.63) is 41.4 Å². The van der Waals surface area contributed by atoms with Gasteiger partial charge in [0.15, 0.2) is 5.96 Å². The Balaban J connectivity index is 2.96. The monoisotopic (exact) mass is 294 g/mol. The van der Waals surface area contributed by atoms with Gasteiger partial charge >= 0.3 is 6.03 Å². The number of nitrogens with two attached hydrogens (primary N) is 1. The zero-order valence-corrected chi connectivity index (χ0v) is 12.4. The molecule has 0 spiro atoms. The highest BCUT2D eigenvalue weighted by molar-refractivity contribution is 6.34. The zero-order chi connectivity index (χ0) is 15.1. The highest BCUT2D eigenvalue weighted by atomic mass is 35.5. The molecule has 1 rings (SSSR count). The summed E-state index contributed by atoms with van der Waals surface area (Å²) in [6.45, 7) is 8.10. The molecular formula is C14H19ClN4O. The molecule has 3 N–H and O–H groups in total. The van der Waals surface area contributed by atoms with Gasteiger partial charge in [0.05, 0.1) is 17.3 Å². The Morgan fingerprint density at radius 3 is 2.85 bits per heavy atom. The lowest BCUT2D eigenvalue weighted by atomic mass is 10.2. The molecule has 0 saturated heterocycles. The number of carbonyl (C=O) groups is 1. The van der Waals surface area contributed by atoms with Crippen LogP contribution in [0.15, 0.2) is 35.8 Å². The summed E-state index contributed by atoms with van der Waals surface area (Å²) >= 11 is 6.17. The molecule has 0 aliphatic heterocycles. The fourth-order valence-corrected chi connectivity index (χ4v) is 2.07. The number of para-hydroxylation sites is 1. The summed E-state index contributed by atoms with van der Waals surface area (Å²) in [6.07, 6.45) is 1.59. The van der Waals surface area contributed by atoms with E-state index in [9.17, 15) is 4.79 Å². The zero-order valence-electron chi connectivity index (χ0n) is 11.7. The van der Waals surface area contributed by atoms with Crippen molar-refractivity contribution in [2.45, 2.75) is 13.8 Å². The molecule has 0 aromatic heterocycles. The number of hydrogen-bond donors (Lipinski definition) is 2. The topological polar surface area (TPSA) is 70.7 Å². The quantitative estimate of drug-likeness (QED) is 0.509. The van der Waals surface area contributed by atoms with Crippen LogP contribution in [0, 0.1) is 6.92 Å². The van der Waals surface area contributed by atoms with Crippen LogP contribution in [0.25, 0.3) is 0 Å². The number of guanidine groups is 1. The number of anilines is 1. The number of aryl methyl sites for hydroxylation is 1. The fraction of sp³-hybridized carbons (Fsp3) is 0.286. The Hall–Kier alpha value is -2.01. The summed E-state index contributed by atoms with van der Waals surface area (Å²) in [5.74, 6) is 0.0538. The average Bonchev–Trinajstić information content (AvgIpc) is 2.40. The average molecular weight is 295 g/mol. The largest absolute Gasteiger partial charge is 0.370 e. The molecule has 0 aliphatic rings. The van der Waals surface area contributed by atoms with E-state index in [1.54, 1.807) is 12.1 Å². The second kappa shape index (κ2) is 7.55. The van der Waals surface area contributed by atoms with E-state index in [1.807, 2.05) is 26.0 Å². The van der Waals surface area contributed by atoms with E-state index in [2.05, 4.69) is 16.9 Å². The van der Waals surface area contributed by atoms with Gasteiger partial charge in [0.25, 0.3) is 0 Å². The Morgan fingerprint density at radius 1 is 1.60 bits per heavy atom. The van der Waals surface area contributed by atoms with Crippen LogP contribution in [0.1, 0.15) is 12.5 Å². The molecule has 6 heteroatoms. The minimum atomic E-state index is -0.367. The van der Waals surface area contributed by atoms with Gasteiger partial charge < -0.3 is 5.73 Å². The van der Waals surface area contributed by atoms with Crippen LogP contribution in [0.2, 0.25) is 5.02 Å². The van der Waals surface area contributed by atoms with Gasteiger partial charge in [-0.3, -0.25) is 10.2 Å². The SMILES string of the molecule is C=CCN=C(N)NC(=O)N(CC)c1c(C)cccc1Cl. The lowest BCUT2D eigenvalue weighted by molar-refractivity contribution is 0.250. The van der Waals surface area contributed by atoms with Gasteiger partial charge in [-0.25, -0.2) is 9.79 Å². The van der Waals surface area contributed by atoms with Gasteiger partial charge in [-0.2, -0.15) is 0 Å². The van der Waals surface area contributed by atoms with E-state index in [-0.39, 0.29) is 12.0 Å². The Morgan fingerprint density at radius 2 is 2.30 bits per heavy atom. The second-order valence-corrected chi connectivity index (χ2v) is 4.50. The van der Waals surface area contributed by atoms with E-state index in [0.717, 1.165) is 5.56 Å². The predicted octanol–water partition coefficient (Wildman–Crippen LogP) is 2.69. The number of amides is 2. The molecule has 2 amide bonds. The van der Waals surface area contributed by atoms with Crippen molar-refractivity contribution in [3.8, 4) is 0 Å². The number of hydrogen-bond acceptors (Lipinski definition) is 2. The molecule has 5 nitrogen and oxygen atoms in total. The number of benzene rings is 1. The van der Waals surface area contributed by atoms with Crippen molar-refractivity contribution >= 4 is 29.3 Å². The number of nitrogens with zero attached hydrogens (tertiary/aromatic N) is 2. The van der Waals surface area contributed by atoms with Crippen LogP contribution in [-0.4, -0.2) is 25.1 Å². The van der Waals surface area contributed by atoms with Crippen molar-refractivity contribution < 1.29 is 4.79 Å². The second-order valence-electron chi connectivity index (χ2n) is 4.09. The van der Waals surface area contributed by atoms with Gasteiger partial charge in [0, 0.05) is 6.54 Å². The molecule has 20 heavy (non-hydrogen) atoms. The van der Waals surface area contributed by atoms with Crippen molar-refractivity contribution in [2.75, 3.05) is 18.0 Å². The van der Waals surface area contributed by atoms with Crippen molar-refractivity contribution in [3.63, 3.8) is 0 Å². The third-order valence-electron chi connectivity index (χ3n) is 2.65. The first-order chi connectivity index (χ1) is 9.51. The number of halogens is 1. The van der Waals surface area contributed by atoms with E-state index >= 15 is 0 Å². The van der Waals surface area contributed by atoms with E-state index in [0.29, 0.717) is 23.8 Å². The van der Waals surface area contributed by atoms with Gasteiger partial charge in [-0.1, -0.05) is 29.8 Å². The molecule has 0 unspecified atom stereocenters. The maximum Gasteiger partial charge on any atom is 0.328 e. The van der Waals surface area contributed by atoms with E-state index in [1.165, 1.54) is 4.90 Å². The minimum Gasteiger partial charge on any atom is -0.370 e. The summed E-state index contributed by atoms with van der Waals surface area (Å²) in [6, 6.07) is 5.11. The molecule has 0 radical (unpaired) electrons. The maximum atomic E-state index is 12.2. The lowest BCUT2D eigenvalue weighted by Gasteiger charge is -2.24. The van der Waals surface area contributed by atoms with Gasteiger partial charge in [-0.05, 0) is 25.5 Å². The summed E-state index contributed by atoms with van der Waals surface area (Å²) in [4.78, 5) is 17.7. The first kappa shape index (κ1) is 16.0. The van der Waals surface area contributed by atoms with Crippen molar-refractivity contribution in [2.24, 2.45) is 10.7 Å². The summed E-state index contributed by atoms with van der Waals surface area (Å²) < 4.78 is 0. The first-order valence-corrected chi connectivity index (χ1v) is 6.63. The standard InChI is InChI=1S/C14H19ClN4O/c1-4-9-17-13(16)18-14(20)19(5-2)12-10(3)7-6-8-11(12)15/h4,6-8H,1,5,9H2,2-3H3,(H3,16,17,18,20). The van der Waals surface area contributed by atoms with Crippen LogP contribution in [0.5, 0.6) is 0 Å². The predicted molar refractivity (Wildman–Crippen MR) is 84.4 cm³/mol. The van der Waals surface area contributed by atoms with Crippen LogP contribution < -0.4 is 16.0 Å². The fourth-order valence-electron chi connectivity index (χ4n) is 1.75.